The number of pyridine rings is 1. The van der Waals surface area contributed by atoms with Gasteiger partial charge < -0.3 is 9.64 Å². The third-order valence-electron chi connectivity index (χ3n) is 4.84. The number of piperazine rings is 1. The molecule has 0 saturated carbocycles. The molecule has 1 aliphatic heterocycles. The van der Waals surface area contributed by atoms with Crippen LogP contribution in [0.4, 0.5) is 5.69 Å². The number of para-hydroxylation sites is 3. The van der Waals surface area contributed by atoms with Crippen LogP contribution < -0.4 is 9.64 Å². The molecule has 25 heavy (non-hydrogen) atoms. The van der Waals surface area contributed by atoms with Crippen LogP contribution in [0, 0.1) is 0 Å². The van der Waals surface area contributed by atoms with Gasteiger partial charge in [-0.25, -0.2) is 0 Å². The van der Waals surface area contributed by atoms with E-state index in [-0.39, 0.29) is 0 Å². The Morgan fingerprint density at radius 3 is 2.48 bits per heavy atom. The summed E-state index contributed by atoms with van der Waals surface area (Å²) < 4.78 is 5.50. The molecule has 1 aromatic heterocycles. The van der Waals surface area contributed by atoms with Crippen molar-refractivity contribution in [3.8, 4) is 5.75 Å². The maximum absolute atomic E-state index is 5.50. The van der Waals surface area contributed by atoms with Crippen LogP contribution in [-0.2, 0) is 6.54 Å². The molecule has 3 aromatic rings. The van der Waals surface area contributed by atoms with Crippen LogP contribution in [0.1, 0.15) is 5.69 Å². The van der Waals surface area contributed by atoms with Crippen LogP contribution in [-0.4, -0.2) is 43.2 Å². The van der Waals surface area contributed by atoms with Gasteiger partial charge in [-0.3, -0.25) is 9.88 Å². The number of rotatable bonds is 4. The highest BCUT2D eigenvalue weighted by Gasteiger charge is 2.19. The predicted molar refractivity (Wildman–Crippen MR) is 102 cm³/mol. The summed E-state index contributed by atoms with van der Waals surface area (Å²) in [6.45, 7) is 4.99. The number of aromatic nitrogens is 1. The van der Waals surface area contributed by atoms with Crippen LogP contribution in [0.25, 0.3) is 10.9 Å². The predicted octanol–water partition coefficient (Wildman–Crippen LogP) is 3.57. The minimum atomic E-state index is 0.907. The van der Waals surface area contributed by atoms with Crippen LogP contribution >= 0.6 is 0 Å². The van der Waals surface area contributed by atoms with Gasteiger partial charge in [0.1, 0.15) is 5.75 Å². The number of hydrogen-bond donors (Lipinski definition) is 0. The van der Waals surface area contributed by atoms with E-state index in [0.29, 0.717) is 0 Å². The van der Waals surface area contributed by atoms with Crippen molar-refractivity contribution in [2.75, 3.05) is 38.2 Å². The fourth-order valence-corrected chi connectivity index (χ4v) is 3.46. The van der Waals surface area contributed by atoms with Crippen LogP contribution in [0.3, 0.4) is 0 Å². The van der Waals surface area contributed by atoms with Gasteiger partial charge in [-0.05, 0) is 24.3 Å². The van der Waals surface area contributed by atoms with Gasteiger partial charge in [-0.2, -0.15) is 0 Å². The van der Waals surface area contributed by atoms with E-state index in [1.54, 1.807) is 7.11 Å². The Morgan fingerprint density at radius 2 is 1.64 bits per heavy atom. The monoisotopic (exact) mass is 333 g/mol. The molecule has 0 aliphatic carbocycles. The Hall–Kier alpha value is -2.59. The second-order valence-corrected chi connectivity index (χ2v) is 6.43. The molecule has 0 spiro atoms. The van der Waals surface area contributed by atoms with Gasteiger partial charge in [-0.15, -0.1) is 0 Å². The summed E-state index contributed by atoms with van der Waals surface area (Å²) in [5.41, 5.74) is 3.41. The lowest BCUT2D eigenvalue weighted by Crippen LogP contribution is -2.46. The van der Waals surface area contributed by atoms with Crippen LogP contribution in [0.15, 0.2) is 60.7 Å². The molecule has 4 rings (SSSR count). The van der Waals surface area contributed by atoms with Crippen molar-refractivity contribution in [3.63, 3.8) is 0 Å². The lowest BCUT2D eigenvalue weighted by atomic mass is 10.2. The number of benzene rings is 2. The van der Waals surface area contributed by atoms with E-state index in [9.17, 15) is 0 Å². The van der Waals surface area contributed by atoms with E-state index in [4.69, 9.17) is 9.72 Å². The number of hydrogen-bond acceptors (Lipinski definition) is 4. The molecular formula is C21H23N3O. The number of anilines is 1. The first kappa shape index (κ1) is 15.9. The van der Waals surface area contributed by atoms with Crippen molar-refractivity contribution in [1.82, 2.24) is 9.88 Å². The summed E-state index contributed by atoms with van der Waals surface area (Å²) >= 11 is 0. The Balaban J connectivity index is 1.41. The molecule has 4 heteroatoms. The summed E-state index contributed by atoms with van der Waals surface area (Å²) in [5.74, 6) is 0.951. The number of fused-ring (bicyclic) bond motifs is 1. The molecule has 0 N–H and O–H groups in total. The molecule has 1 aliphatic rings. The molecule has 1 fully saturated rings. The highest BCUT2D eigenvalue weighted by atomic mass is 16.5. The Morgan fingerprint density at radius 1 is 0.880 bits per heavy atom. The van der Waals surface area contributed by atoms with Crippen molar-refractivity contribution in [2.24, 2.45) is 0 Å². The summed E-state index contributed by atoms with van der Waals surface area (Å²) in [6.07, 6.45) is 0. The van der Waals surface area contributed by atoms with E-state index >= 15 is 0 Å². The first-order chi connectivity index (χ1) is 12.3. The van der Waals surface area contributed by atoms with Crippen molar-refractivity contribution in [2.45, 2.75) is 6.54 Å². The number of methoxy groups -OCH3 is 1. The van der Waals surface area contributed by atoms with Gasteiger partial charge >= 0.3 is 0 Å². The lowest BCUT2D eigenvalue weighted by molar-refractivity contribution is 0.246. The SMILES string of the molecule is COc1ccccc1N1CCN(Cc2ccc3ccccc3n2)CC1. The molecule has 128 valence electrons. The number of ether oxygens (including phenoxy) is 1. The van der Waals surface area contributed by atoms with Crippen LogP contribution in [0.5, 0.6) is 5.75 Å². The van der Waals surface area contributed by atoms with Crippen molar-refractivity contribution in [3.05, 3.63) is 66.4 Å². The van der Waals surface area contributed by atoms with Crippen molar-refractivity contribution in [1.29, 1.82) is 0 Å². The van der Waals surface area contributed by atoms with E-state index in [1.165, 1.54) is 11.1 Å². The third-order valence-corrected chi connectivity index (χ3v) is 4.84. The standard InChI is InChI=1S/C21H23N3O/c1-25-21-9-5-4-8-20(21)24-14-12-23(13-15-24)16-18-11-10-17-6-2-3-7-19(17)22-18/h2-11H,12-16H2,1H3. The Kier molecular flexibility index (Phi) is 4.53. The smallest absolute Gasteiger partial charge is 0.142 e. The van der Waals surface area contributed by atoms with E-state index in [1.807, 2.05) is 18.2 Å². The molecule has 4 nitrogen and oxygen atoms in total. The Bertz CT molecular complexity index is 856. The zero-order chi connectivity index (χ0) is 17.1. The van der Waals surface area contributed by atoms with Gasteiger partial charge in [0.05, 0.1) is 24.0 Å². The molecule has 2 aromatic carbocycles. The zero-order valence-corrected chi connectivity index (χ0v) is 14.6. The maximum Gasteiger partial charge on any atom is 0.142 e. The fraction of sp³-hybridized carbons (Fsp3) is 0.286. The topological polar surface area (TPSA) is 28.6 Å². The quantitative estimate of drug-likeness (QED) is 0.730. The molecule has 2 heterocycles. The van der Waals surface area contributed by atoms with Crippen molar-refractivity contribution < 1.29 is 4.74 Å². The molecular weight excluding hydrogens is 310 g/mol. The normalized spacial score (nSPS) is 15.5. The van der Waals surface area contributed by atoms with Crippen LogP contribution in [0.2, 0.25) is 0 Å². The molecule has 0 bridgehead atoms. The summed E-state index contributed by atoms with van der Waals surface area (Å²) in [6, 6.07) is 20.9. The first-order valence-electron chi connectivity index (χ1n) is 8.78. The van der Waals surface area contributed by atoms with Gasteiger partial charge in [0.25, 0.3) is 0 Å². The number of nitrogens with zero attached hydrogens (tertiary/aromatic N) is 3. The second-order valence-electron chi connectivity index (χ2n) is 6.43. The van der Waals surface area contributed by atoms with E-state index in [2.05, 4.69) is 52.3 Å². The lowest BCUT2D eigenvalue weighted by Gasteiger charge is -2.36. The van der Waals surface area contributed by atoms with Gasteiger partial charge in [-0.1, -0.05) is 36.4 Å². The van der Waals surface area contributed by atoms with Gasteiger partial charge in [0.15, 0.2) is 0 Å². The highest BCUT2D eigenvalue weighted by Crippen LogP contribution is 2.28. The average molecular weight is 333 g/mol. The molecule has 0 unspecified atom stereocenters. The molecule has 0 amide bonds. The Labute approximate surface area is 148 Å². The summed E-state index contributed by atoms with van der Waals surface area (Å²) in [7, 11) is 1.74. The third kappa shape index (κ3) is 3.44. The fourth-order valence-electron chi connectivity index (χ4n) is 3.46. The minimum Gasteiger partial charge on any atom is -0.495 e. The average Bonchev–Trinajstić information content (AvgIpc) is 2.68. The zero-order valence-electron chi connectivity index (χ0n) is 14.6. The highest BCUT2D eigenvalue weighted by molar-refractivity contribution is 5.78. The van der Waals surface area contributed by atoms with Gasteiger partial charge in [0.2, 0.25) is 0 Å². The summed E-state index contributed by atoms with van der Waals surface area (Å²) in [5, 5.41) is 1.20. The molecule has 1 saturated heterocycles. The minimum absolute atomic E-state index is 0.907. The second kappa shape index (κ2) is 7.11. The maximum atomic E-state index is 5.50. The van der Waals surface area contributed by atoms with Gasteiger partial charge in [0, 0.05) is 38.1 Å². The van der Waals surface area contributed by atoms with Crippen molar-refractivity contribution >= 4 is 16.6 Å². The van der Waals surface area contributed by atoms with E-state index < -0.39 is 0 Å². The molecule has 0 radical (unpaired) electrons. The molecule has 0 atom stereocenters. The van der Waals surface area contributed by atoms with E-state index in [0.717, 1.165) is 49.7 Å². The largest absolute Gasteiger partial charge is 0.495 e. The summed E-state index contributed by atoms with van der Waals surface area (Å²) in [4.78, 5) is 9.68. The first-order valence-corrected chi connectivity index (χ1v) is 8.78.